The quantitative estimate of drug-likeness (QED) is 0.476. The highest BCUT2D eigenvalue weighted by molar-refractivity contribution is 6.49. The van der Waals surface area contributed by atoms with Crippen LogP contribution in [0, 0.1) is 0 Å². The Hall–Kier alpha value is -1.22. The standard InChI is InChI=1S/C13H6Cl3NO/c14-8-5-9(15)12-10(11(8)16)6-3-1-2-4-7(6)13(18)17-12/h1-5H,(H,17,18). The molecule has 3 aromatic rings. The third-order valence-corrected chi connectivity index (χ3v) is 3.94. The van der Waals surface area contributed by atoms with Gasteiger partial charge in [-0.25, -0.2) is 0 Å². The van der Waals surface area contributed by atoms with Gasteiger partial charge in [0.1, 0.15) is 0 Å². The van der Waals surface area contributed by atoms with Gasteiger partial charge < -0.3 is 4.98 Å². The van der Waals surface area contributed by atoms with Crippen molar-refractivity contribution >= 4 is 56.5 Å². The number of nitrogens with one attached hydrogen (secondary N) is 1. The number of benzene rings is 2. The summed E-state index contributed by atoms with van der Waals surface area (Å²) in [4.78, 5) is 14.7. The molecule has 0 bridgehead atoms. The summed E-state index contributed by atoms with van der Waals surface area (Å²) in [5.41, 5.74) is 0.313. The van der Waals surface area contributed by atoms with Crippen LogP contribution in [0.1, 0.15) is 0 Å². The monoisotopic (exact) mass is 297 g/mol. The van der Waals surface area contributed by atoms with E-state index in [0.29, 0.717) is 31.4 Å². The summed E-state index contributed by atoms with van der Waals surface area (Å²) in [6.07, 6.45) is 0. The van der Waals surface area contributed by atoms with Crippen LogP contribution in [0.15, 0.2) is 35.1 Å². The molecule has 0 radical (unpaired) electrons. The summed E-state index contributed by atoms with van der Waals surface area (Å²) in [6.45, 7) is 0. The van der Waals surface area contributed by atoms with Crippen LogP contribution in [-0.4, -0.2) is 4.98 Å². The van der Waals surface area contributed by atoms with Gasteiger partial charge in [-0.2, -0.15) is 0 Å². The molecule has 0 unspecified atom stereocenters. The van der Waals surface area contributed by atoms with E-state index >= 15 is 0 Å². The van der Waals surface area contributed by atoms with Crippen molar-refractivity contribution in [1.82, 2.24) is 4.98 Å². The van der Waals surface area contributed by atoms with Crippen LogP contribution in [0.5, 0.6) is 0 Å². The fourth-order valence-electron chi connectivity index (χ4n) is 2.05. The molecule has 90 valence electrons. The summed E-state index contributed by atoms with van der Waals surface area (Å²) >= 11 is 18.3. The lowest BCUT2D eigenvalue weighted by atomic mass is 10.1. The Morgan fingerprint density at radius 1 is 0.944 bits per heavy atom. The predicted molar refractivity (Wildman–Crippen MR) is 77.1 cm³/mol. The highest BCUT2D eigenvalue weighted by atomic mass is 35.5. The molecule has 0 aliphatic heterocycles. The normalized spacial score (nSPS) is 11.3. The minimum absolute atomic E-state index is 0.196. The first-order chi connectivity index (χ1) is 8.59. The largest absolute Gasteiger partial charge is 0.320 e. The Kier molecular flexibility index (Phi) is 2.74. The molecule has 2 aromatic carbocycles. The third-order valence-electron chi connectivity index (χ3n) is 2.85. The van der Waals surface area contributed by atoms with Crippen LogP contribution >= 0.6 is 34.8 Å². The molecule has 0 spiro atoms. The lowest BCUT2D eigenvalue weighted by molar-refractivity contribution is 1.34. The highest BCUT2D eigenvalue weighted by Crippen LogP contribution is 2.37. The van der Waals surface area contributed by atoms with Gasteiger partial charge in [0, 0.05) is 10.8 Å². The van der Waals surface area contributed by atoms with Gasteiger partial charge in [-0.05, 0) is 17.5 Å². The molecule has 1 heterocycles. The number of hydrogen-bond donors (Lipinski definition) is 1. The fourth-order valence-corrected chi connectivity index (χ4v) is 2.81. The molecule has 2 nitrogen and oxygen atoms in total. The van der Waals surface area contributed by atoms with E-state index in [4.69, 9.17) is 34.8 Å². The van der Waals surface area contributed by atoms with E-state index in [9.17, 15) is 4.79 Å². The number of pyridine rings is 1. The third kappa shape index (κ3) is 1.61. The van der Waals surface area contributed by atoms with Gasteiger partial charge in [0.25, 0.3) is 5.56 Å². The van der Waals surface area contributed by atoms with E-state index in [1.54, 1.807) is 12.1 Å². The van der Waals surface area contributed by atoms with E-state index in [0.717, 1.165) is 5.39 Å². The van der Waals surface area contributed by atoms with Gasteiger partial charge in [-0.1, -0.05) is 53.0 Å². The average Bonchev–Trinajstić information content (AvgIpc) is 2.36. The molecule has 0 aliphatic carbocycles. The maximum absolute atomic E-state index is 12.0. The molecule has 0 amide bonds. The van der Waals surface area contributed by atoms with Gasteiger partial charge in [0.2, 0.25) is 0 Å². The molecule has 0 fully saturated rings. The zero-order valence-electron chi connectivity index (χ0n) is 8.93. The van der Waals surface area contributed by atoms with E-state index in [-0.39, 0.29) is 5.56 Å². The smallest absolute Gasteiger partial charge is 0.256 e. The Bertz CT molecular complexity index is 839. The zero-order chi connectivity index (χ0) is 12.9. The number of rotatable bonds is 0. The first kappa shape index (κ1) is 11.8. The Morgan fingerprint density at radius 2 is 1.61 bits per heavy atom. The lowest BCUT2D eigenvalue weighted by Crippen LogP contribution is -2.06. The Labute approximate surface area is 117 Å². The number of aromatic nitrogens is 1. The maximum atomic E-state index is 12.0. The summed E-state index contributed by atoms with van der Waals surface area (Å²) in [7, 11) is 0. The number of halogens is 3. The second kappa shape index (κ2) is 4.16. The van der Waals surface area contributed by atoms with Crippen molar-refractivity contribution in [2.24, 2.45) is 0 Å². The number of fused-ring (bicyclic) bond motifs is 3. The van der Waals surface area contributed by atoms with Crippen LogP contribution < -0.4 is 5.56 Å². The molecule has 1 aromatic heterocycles. The van der Waals surface area contributed by atoms with Gasteiger partial charge in [-0.15, -0.1) is 0 Å². The second-order valence-electron chi connectivity index (χ2n) is 3.90. The summed E-state index contributed by atoms with van der Waals surface area (Å²) in [6, 6.07) is 8.72. The lowest BCUT2D eigenvalue weighted by Gasteiger charge is -2.08. The average molecular weight is 299 g/mol. The van der Waals surface area contributed by atoms with Gasteiger partial charge in [0.05, 0.1) is 20.6 Å². The molecule has 0 saturated heterocycles. The Balaban J connectivity index is 2.74. The minimum atomic E-state index is -0.196. The molecular weight excluding hydrogens is 293 g/mol. The predicted octanol–water partition coefficient (Wildman–Crippen LogP) is 4.64. The second-order valence-corrected chi connectivity index (χ2v) is 5.10. The van der Waals surface area contributed by atoms with Crippen molar-refractivity contribution in [1.29, 1.82) is 0 Å². The molecule has 3 rings (SSSR count). The fraction of sp³-hybridized carbons (Fsp3) is 0. The van der Waals surface area contributed by atoms with Gasteiger partial charge in [-0.3, -0.25) is 4.79 Å². The Morgan fingerprint density at radius 3 is 2.33 bits per heavy atom. The summed E-state index contributed by atoms with van der Waals surface area (Å²) in [5, 5.41) is 3.11. The molecule has 0 saturated carbocycles. The van der Waals surface area contributed by atoms with Crippen LogP contribution in [0.2, 0.25) is 15.1 Å². The van der Waals surface area contributed by atoms with Crippen LogP contribution in [-0.2, 0) is 0 Å². The maximum Gasteiger partial charge on any atom is 0.256 e. The van der Waals surface area contributed by atoms with E-state index in [1.165, 1.54) is 6.07 Å². The molecule has 0 aliphatic rings. The zero-order valence-corrected chi connectivity index (χ0v) is 11.2. The SMILES string of the molecule is O=c1[nH]c2c(Cl)cc(Cl)c(Cl)c2c2ccccc12. The number of aromatic amines is 1. The number of hydrogen-bond acceptors (Lipinski definition) is 1. The molecule has 18 heavy (non-hydrogen) atoms. The van der Waals surface area contributed by atoms with Crippen LogP contribution in [0.3, 0.4) is 0 Å². The highest BCUT2D eigenvalue weighted by Gasteiger charge is 2.13. The summed E-state index contributed by atoms with van der Waals surface area (Å²) < 4.78 is 0. The minimum Gasteiger partial charge on any atom is -0.320 e. The van der Waals surface area contributed by atoms with E-state index in [1.807, 2.05) is 12.1 Å². The molecule has 1 N–H and O–H groups in total. The van der Waals surface area contributed by atoms with Crippen molar-refractivity contribution in [2.45, 2.75) is 0 Å². The van der Waals surface area contributed by atoms with Gasteiger partial charge >= 0.3 is 0 Å². The first-order valence-electron chi connectivity index (χ1n) is 5.18. The van der Waals surface area contributed by atoms with E-state index < -0.39 is 0 Å². The summed E-state index contributed by atoms with van der Waals surface area (Å²) in [5.74, 6) is 0. The van der Waals surface area contributed by atoms with Crippen molar-refractivity contribution < 1.29 is 0 Å². The molecular formula is C13H6Cl3NO. The first-order valence-corrected chi connectivity index (χ1v) is 6.31. The van der Waals surface area contributed by atoms with Gasteiger partial charge in [0.15, 0.2) is 0 Å². The van der Waals surface area contributed by atoms with Crippen molar-refractivity contribution in [3.05, 3.63) is 55.8 Å². The van der Waals surface area contributed by atoms with Crippen molar-refractivity contribution in [2.75, 3.05) is 0 Å². The molecule has 5 heteroatoms. The van der Waals surface area contributed by atoms with Crippen molar-refractivity contribution in [3.8, 4) is 0 Å². The van der Waals surface area contributed by atoms with Crippen LogP contribution in [0.4, 0.5) is 0 Å². The van der Waals surface area contributed by atoms with E-state index in [2.05, 4.69) is 4.98 Å². The van der Waals surface area contributed by atoms with Crippen molar-refractivity contribution in [3.63, 3.8) is 0 Å². The van der Waals surface area contributed by atoms with Crippen LogP contribution in [0.25, 0.3) is 21.7 Å². The molecule has 0 atom stereocenters. The topological polar surface area (TPSA) is 32.9 Å². The number of H-pyrrole nitrogens is 1.